The van der Waals surface area contributed by atoms with Gasteiger partial charge in [-0.3, -0.25) is 9.59 Å². The lowest BCUT2D eigenvalue weighted by molar-refractivity contribution is -0.121. The zero-order valence-electron chi connectivity index (χ0n) is 15.8. The van der Waals surface area contributed by atoms with Gasteiger partial charge >= 0.3 is 0 Å². The molecule has 2 amide bonds. The molecule has 24 heavy (non-hydrogen) atoms. The van der Waals surface area contributed by atoms with E-state index in [4.69, 9.17) is 0 Å². The maximum atomic E-state index is 12.2. The predicted molar refractivity (Wildman–Crippen MR) is 100 cm³/mol. The molecule has 0 radical (unpaired) electrons. The number of rotatable bonds is 9. The van der Waals surface area contributed by atoms with Crippen LogP contribution in [-0.4, -0.2) is 24.9 Å². The van der Waals surface area contributed by atoms with Gasteiger partial charge in [0.2, 0.25) is 11.8 Å². The summed E-state index contributed by atoms with van der Waals surface area (Å²) in [6, 6.07) is 6.17. The van der Waals surface area contributed by atoms with Crippen LogP contribution in [0.2, 0.25) is 0 Å². The van der Waals surface area contributed by atoms with E-state index in [9.17, 15) is 9.59 Å². The van der Waals surface area contributed by atoms with Gasteiger partial charge in [0.15, 0.2) is 0 Å². The number of nitrogens with zero attached hydrogens (tertiary/aromatic N) is 1. The predicted octanol–water partition coefficient (Wildman–Crippen LogP) is 3.72. The highest BCUT2D eigenvalue weighted by atomic mass is 16.2. The molecule has 134 valence electrons. The van der Waals surface area contributed by atoms with E-state index in [1.54, 1.807) is 11.8 Å². The second-order valence-electron chi connectivity index (χ2n) is 6.59. The Labute approximate surface area is 146 Å². The lowest BCUT2D eigenvalue weighted by Gasteiger charge is -2.26. The minimum atomic E-state index is -0.0134. The summed E-state index contributed by atoms with van der Waals surface area (Å²) in [5.74, 6) is 0.567. The molecule has 0 bridgehead atoms. The minimum Gasteiger partial charge on any atom is -0.356 e. The summed E-state index contributed by atoms with van der Waals surface area (Å²) in [6.45, 7) is 11.2. The highest BCUT2D eigenvalue weighted by Gasteiger charge is 2.19. The van der Waals surface area contributed by atoms with Crippen molar-refractivity contribution in [2.24, 2.45) is 5.92 Å². The number of benzene rings is 1. The molecule has 0 unspecified atom stereocenters. The third-order valence-electron chi connectivity index (χ3n) is 4.22. The normalized spacial score (nSPS) is 10.8. The van der Waals surface area contributed by atoms with Crippen molar-refractivity contribution in [2.75, 3.05) is 18.0 Å². The van der Waals surface area contributed by atoms with Crippen LogP contribution in [0.15, 0.2) is 18.2 Å². The Kier molecular flexibility index (Phi) is 8.51. The van der Waals surface area contributed by atoms with Crippen molar-refractivity contribution in [3.8, 4) is 0 Å². The van der Waals surface area contributed by atoms with Crippen LogP contribution in [0.1, 0.15) is 58.6 Å². The maximum absolute atomic E-state index is 12.2. The SMILES string of the molecule is CCc1cccc(CC)c1N(CCC(=O)NCCC(C)C)C(C)=O. The van der Waals surface area contributed by atoms with Crippen molar-refractivity contribution in [3.63, 3.8) is 0 Å². The topological polar surface area (TPSA) is 49.4 Å². The first-order chi connectivity index (χ1) is 11.4. The Hall–Kier alpha value is -1.84. The van der Waals surface area contributed by atoms with Crippen LogP contribution < -0.4 is 10.2 Å². The van der Waals surface area contributed by atoms with Gasteiger partial charge < -0.3 is 10.2 Å². The number of para-hydroxylation sites is 1. The Balaban J connectivity index is 2.82. The molecule has 1 rings (SSSR count). The monoisotopic (exact) mass is 332 g/mol. The lowest BCUT2D eigenvalue weighted by Crippen LogP contribution is -2.35. The molecule has 1 aromatic rings. The molecule has 0 heterocycles. The van der Waals surface area contributed by atoms with Gasteiger partial charge in [-0.15, -0.1) is 0 Å². The van der Waals surface area contributed by atoms with Gasteiger partial charge in [-0.25, -0.2) is 0 Å². The first-order valence-electron chi connectivity index (χ1n) is 9.06. The summed E-state index contributed by atoms with van der Waals surface area (Å²) in [5, 5.41) is 2.94. The largest absolute Gasteiger partial charge is 0.356 e. The quantitative estimate of drug-likeness (QED) is 0.749. The maximum Gasteiger partial charge on any atom is 0.223 e. The van der Waals surface area contributed by atoms with Crippen LogP contribution >= 0.6 is 0 Å². The van der Waals surface area contributed by atoms with Crippen LogP contribution in [0.25, 0.3) is 0 Å². The van der Waals surface area contributed by atoms with Crippen molar-refractivity contribution < 1.29 is 9.59 Å². The third kappa shape index (κ3) is 5.99. The van der Waals surface area contributed by atoms with Crippen molar-refractivity contribution in [2.45, 2.75) is 60.3 Å². The third-order valence-corrected chi connectivity index (χ3v) is 4.22. The van der Waals surface area contributed by atoms with Gasteiger partial charge in [0, 0.05) is 32.1 Å². The summed E-state index contributed by atoms with van der Waals surface area (Å²) in [5.41, 5.74) is 3.31. The molecule has 0 saturated heterocycles. The van der Waals surface area contributed by atoms with Gasteiger partial charge in [-0.05, 0) is 36.3 Å². The first-order valence-corrected chi connectivity index (χ1v) is 9.06. The summed E-state index contributed by atoms with van der Waals surface area (Å²) < 4.78 is 0. The first kappa shape index (κ1) is 20.2. The Morgan fingerprint density at radius 1 is 1.12 bits per heavy atom. The van der Waals surface area contributed by atoms with E-state index >= 15 is 0 Å². The summed E-state index contributed by atoms with van der Waals surface area (Å²) in [7, 11) is 0. The fourth-order valence-electron chi connectivity index (χ4n) is 2.79. The highest BCUT2D eigenvalue weighted by molar-refractivity contribution is 5.94. The zero-order valence-corrected chi connectivity index (χ0v) is 15.8. The zero-order chi connectivity index (χ0) is 18.1. The van der Waals surface area contributed by atoms with E-state index in [1.165, 1.54) is 0 Å². The molecule has 0 spiro atoms. The molecule has 0 fully saturated rings. The highest BCUT2D eigenvalue weighted by Crippen LogP contribution is 2.27. The van der Waals surface area contributed by atoms with Crippen LogP contribution in [0.5, 0.6) is 0 Å². The van der Waals surface area contributed by atoms with Crippen LogP contribution in [0.4, 0.5) is 5.69 Å². The molecule has 1 aromatic carbocycles. The average Bonchev–Trinajstić information content (AvgIpc) is 2.54. The van der Waals surface area contributed by atoms with Gasteiger partial charge in [0.1, 0.15) is 0 Å². The van der Waals surface area contributed by atoms with E-state index in [2.05, 4.69) is 45.1 Å². The average molecular weight is 332 g/mol. The minimum absolute atomic E-state index is 0.00827. The van der Waals surface area contributed by atoms with E-state index in [1.807, 2.05) is 6.07 Å². The van der Waals surface area contributed by atoms with Crippen molar-refractivity contribution in [3.05, 3.63) is 29.3 Å². The van der Waals surface area contributed by atoms with E-state index in [0.717, 1.165) is 36.1 Å². The fraction of sp³-hybridized carbons (Fsp3) is 0.600. The molecular formula is C20H32N2O2. The Morgan fingerprint density at radius 3 is 2.17 bits per heavy atom. The standard InChI is InChI=1S/C20H32N2O2/c1-6-17-9-8-10-18(7-2)20(17)22(16(5)23)14-12-19(24)21-13-11-15(3)4/h8-10,15H,6-7,11-14H2,1-5H3,(H,21,24). The Bertz CT molecular complexity index is 530. The van der Waals surface area contributed by atoms with Crippen molar-refractivity contribution >= 4 is 17.5 Å². The number of nitrogens with one attached hydrogen (secondary N) is 1. The molecule has 0 aliphatic rings. The number of hydrogen-bond acceptors (Lipinski definition) is 2. The number of anilines is 1. The number of amides is 2. The van der Waals surface area contributed by atoms with Gasteiger partial charge in [-0.1, -0.05) is 45.9 Å². The smallest absolute Gasteiger partial charge is 0.223 e. The number of carbonyl (C=O) groups excluding carboxylic acids is 2. The molecule has 0 aliphatic heterocycles. The van der Waals surface area contributed by atoms with E-state index < -0.39 is 0 Å². The van der Waals surface area contributed by atoms with Crippen LogP contribution in [-0.2, 0) is 22.4 Å². The molecule has 4 nitrogen and oxygen atoms in total. The second-order valence-corrected chi connectivity index (χ2v) is 6.59. The fourth-order valence-corrected chi connectivity index (χ4v) is 2.79. The second kappa shape index (κ2) is 10.1. The number of aryl methyl sites for hydroxylation is 2. The molecule has 1 N–H and O–H groups in total. The van der Waals surface area contributed by atoms with Crippen molar-refractivity contribution in [1.82, 2.24) is 5.32 Å². The number of hydrogen-bond donors (Lipinski definition) is 1. The molecule has 0 aromatic heterocycles. The molecule has 0 saturated carbocycles. The van der Waals surface area contributed by atoms with Gasteiger partial charge in [0.25, 0.3) is 0 Å². The van der Waals surface area contributed by atoms with E-state index in [0.29, 0.717) is 25.4 Å². The summed E-state index contributed by atoms with van der Waals surface area (Å²) >= 11 is 0. The lowest BCUT2D eigenvalue weighted by atomic mass is 10.0. The van der Waals surface area contributed by atoms with Crippen LogP contribution in [0.3, 0.4) is 0 Å². The summed E-state index contributed by atoms with van der Waals surface area (Å²) in [4.78, 5) is 26.0. The van der Waals surface area contributed by atoms with Crippen molar-refractivity contribution in [1.29, 1.82) is 0 Å². The molecule has 0 aliphatic carbocycles. The van der Waals surface area contributed by atoms with Gasteiger partial charge in [0.05, 0.1) is 0 Å². The molecular weight excluding hydrogens is 300 g/mol. The van der Waals surface area contributed by atoms with Crippen LogP contribution in [0, 0.1) is 5.92 Å². The molecule has 0 atom stereocenters. The van der Waals surface area contributed by atoms with E-state index in [-0.39, 0.29) is 11.8 Å². The molecule has 4 heteroatoms. The number of carbonyl (C=O) groups is 2. The summed E-state index contributed by atoms with van der Waals surface area (Å²) in [6.07, 6.45) is 3.04. The Morgan fingerprint density at radius 2 is 1.71 bits per heavy atom. The van der Waals surface area contributed by atoms with Gasteiger partial charge in [-0.2, -0.15) is 0 Å².